The zero-order valence-electron chi connectivity index (χ0n) is 17.3. The highest BCUT2D eigenvalue weighted by Crippen LogP contribution is 2.18. The van der Waals surface area contributed by atoms with Crippen LogP contribution < -0.4 is 5.32 Å². The molecule has 1 aromatic rings. The van der Waals surface area contributed by atoms with E-state index < -0.39 is 0 Å². The predicted octanol–water partition coefficient (Wildman–Crippen LogP) is 0.998. The lowest BCUT2D eigenvalue weighted by Gasteiger charge is -2.38. The van der Waals surface area contributed by atoms with Gasteiger partial charge in [0.05, 0.1) is 12.1 Å². The van der Waals surface area contributed by atoms with Crippen LogP contribution in [0.25, 0.3) is 0 Å². The molecule has 3 saturated heterocycles. The average Bonchev–Trinajstić information content (AvgIpc) is 3.45. The van der Waals surface area contributed by atoms with E-state index in [-0.39, 0.29) is 30.3 Å². The minimum Gasteiger partial charge on any atom is -0.341 e. The zero-order chi connectivity index (χ0) is 19.5. The fourth-order valence-corrected chi connectivity index (χ4v) is 4.55. The number of piperidine rings is 1. The van der Waals surface area contributed by atoms with E-state index in [0.717, 1.165) is 65.0 Å². The van der Waals surface area contributed by atoms with Gasteiger partial charge < -0.3 is 15.1 Å². The Morgan fingerprint density at radius 2 is 1.79 bits per heavy atom. The lowest BCUT2D eigenvalue weighted by atomic mass is 10.1. The first-order valence-corrected chi connectivity index (χ1v) is 10.7. The number of hydrogen-bond acceptors (Lipinski definition) is 5. The summed E-state index contributed by atoms with van der Waals surface area (Å²) in [6.07, 6.45) is 6.40. The molecule has 0 radical (unpaired) electrons. The van der Waals surface area contributed by atoms with Crippen LogP contribution in [0, 0.1) is 0 Å². The molecule has 4 heterocycles. The van der Waals surface area contributed by atoms with Gasteiger partial charge in [-0.15, -0.1) is 12.4 Å². The molecule has 162 valence electrons. The smallest absolute Gasteiger partial charge is 0.274 e. The molecule has 4 rings (SSSR count). The van der Waals surface area contributed by atoms with Crippen molar-refractivity contribution in [2.75, 3.05) is 52.4 Å². The summed E-state index contributed by atoms with van der Waals surface area (Å²) < 4.78 is 1.94. The van der Waals surface area contributed by atoms with Gasteiger partial charge in [-0.3, -0.25) is 19.2 Å². The molecule has 0 saturated carbocycles. The van der Waals surface area contributed by atoms with Crippen LogP contribution in [0.4, 0.5) is 0 Å². The lowest BCUT2D eigenvalue weighted by molar-refractivity contribution is -0.135. The Morgan fingerprint density at radius 3 is 2.45 bits per heavy atom. The first kappa shape index (κ1) is 22.1. The normalized spacial score (nSPS) is 24.2. The van der Waals surface area contributed by atoms with Crippen molar-refractivity contribution in [1.29, 1.82) is 0 Å². The van der Waals surface area contributed by atoms with Gasteiger partial charge in [0.15, 0.2) is 0 Å². The molecule has 8 nitrogen and oxygen atoms in total. The second kappa shape index (κ2) is 9.91. The van der Waals surface area contributed by atoms with E-state index in [1.54, 1.807) is 0 Å². The van der Waals surface area contributed by atoms with Crippen LogP contribution in [0.2, 0.25) is 0 Å². The van der Waals surface area contributed by atoms with Gasteiger partial charge in [-0.05, 0) is 45.2 Å². The van der Waals surface area contributed by atoms with Crippen molar-refractivity contribution < 1.29 is 9.59 Å². The molecule has 3 aliphatic heterocycles. The number of rotatable bonds is 4. The number of hydrogen-bond donors (Lipinski definition) is 1. The number of carbonyl (C=O) groups is 2. The zero-order valence-corrected chi connectivity index (χ0v) is 18.1. The molecule has 0 aromatic carbocycles. The molecule has 29 heavy (non-hydrogen) atoms. The number of nitrogens with zero attached hydrogens (tertiary/aromatic N) is 5. The van der Waals surface area contributed by atoms with Crippen LogP contribution in [-0.2, 0) is 4.79 Å². The number of halogens is 1. The van der Waals surface area contributed by atoms with Crippen molar-refractivity contribution in [3.63, 3.8) is 0 Å². The minimum atomic E-state index is -0.103. The summed E-state index contributed by atoms with van der Waals surface area (Å²) in [5.74, 6) is 0.234. The van der Waals surface area contributed by atoms with Crippen molar-refractivity contribution in [3.8, 4) is 0 Å². The summed E-state index contributed by atoms with van der Waals surface area (Å²) in [7, 11) is 0. The fraction of sp³-hybridized carbons (Fsp3) is 0.750. The molecule has 2 unspecified atom stereocenters. The van der Waals surface area contributed by atoms with Gasteiger partial charge in [-0.2, -0.15) is 5.10 Å². The van der Waals surface area contributed by atoms with E-state index in [0.29, 0.717) is 24.8 Å². The third-order valence-corrected chi connectivity index (χ3v) is 6.40. The molecule has 0 aliphatic carbocycles. The number of carbonyl (C=O) groups excluding carboxylic acids is 2. The van der Waals surface area contributed by atoms with E-state index in [4.69, 9.17) is 0 Å². The Bertz CT molecular complexity index is 691. The van der Waals surface area contributed by atoms with Gasteiger partial charge in [0, 0.05) is 52.0 Å². The third kappa shape index (κ3) is 4.92. The van der Waals surface area contributed by atoms with E-state index in [9.17, 15) is 9.59 Å². The van der Waals surface area contributed by atoms with Crippen LogP contribution in [0.15, 0.2) is 12.3 Å². The number of aromatic nitrogens is 2. The third-order valence-electron chi connectivity index (χ3n) is 6.40. The molecule has 0 spiro atoms. The van der Waals surface area contributed by atoms with Gasteiger partial charge in [-0.25, -0.2) is 0 Å². The van der Waals surface area contributed by atoms with Crippen LogP contribution >= 0.6 is 12.4 Å². The topological polar surface area (TPSA) is 73.7 Å². The van der Waals surface area contributed by atoms with Crippen LogP contribution in [0.3, 0.4) is 0 Å². The number of piperazine rings is 1. The van der Waals surface area contributed by atoms with Crippen molar-refractivity contribution in [1.82, 2.24) is 29.8 Å². The largest absolute Gasteiger partial charge is 0.341 e. The van der Waals surface area contributed by atoms with E-state index in [1.807, 2.05) is 33.7 Å². The monoisotopic (exact) mass is 424 g/mol. The maximum Gasteiger partial charge on any atom is 0.274 e. The summed E-state index contributed by atoms with van der Waals surface area (Å²) in [6, 6.07) is 2.07. The highest BCUT2D eigenvalue weighted by molar-refractivity contribution is 5.92. The molecule has 0 bridgehead atoms. The van der Waals surface area contributed by atoms with Gasteiger partial charge in [0.1, 0.15) is 5.69 Å². The first-order valence-electron chi connectivity index (χ1n) is 10.7. The van der Waals surface area contributed by atoms with Crippen molar-refractivity contribution in [2.45, 2.75) is 44.7 Å². The molecule has 9 heteroatoms. The van der Waals surface area contributed by atoms with Gasteiger partial charge in [0.25, 0.3) is 5.91 Å². The molecule has 3 fully saturated rings. The fourth-order valence-electron chi connectivity index (χ4n) is 4.55. The predicted molar refractivity (Wildman–Crippen MR) is 113 cm³/mol. The average molecular weight is 425 g/mol. The van der Waals surface area contributed by atoms with E-state index in [1.165, 1.54) is 0 Å². The van der Waals surface area contributed by atoms with E-state index >= 15 is 0 Å². The number of likely N-dealkylation sites (tertiary alicyclic amines) is 1. The minimum absolute atomic E-state index is 0. The van der Waals surface area contributed by atoms with Crippen LogP contribution in [-0.4, -0.2) is 94.7 Å². The van der Waals surface area contributed by atoms with Crippen molar-refractivity contribution >= 4 is 24.2 Å². The Morgan fingerprint density at radius 1 is 1.07 bits per heavy atom. The lowest BCUT2D eigenvalue weighted by Crippen LogP contribution is -2.55. The summed E-state index contributed by atoms with van der Waals surface area (Å²) in [6.45, 7) is 8.52. The van der Waals surface area contributed by atoms with Gasteiger partial charge in [-0.1, -0.05) is 0 Å². The highest BCUT2D eigenvalue weighted by Gasteiger charge is 2.31. The van der Waals surface area contributed by atoms with Gasteiger partial charge >= 0.3 is 0 Å². The maximum atomic E-state index is 12.9. The number of nitrogens with one attached hydrogen (secondary N) is 1. The number of amides is 2. The van der Waals surface area contributed by atoms with Crippen molar-refractivity contribution in [3.05, 3.63) is 18.0 Å². The van der Waals surface area contributed by atoms with Crippen LogP contribution in [0.1, 0.15) is 49.1 Å². The summed E-state index contributed by atoms with van der Waals surface area (Å²) in [5.41, 5.74) is 0.528. The summed E-state index contributed by atoms with van der Waals surface area (Å²) >= 11 is 0. The molecule has 2 atom stereocenters. The molecule has 3 aliphatic rings. The molecular weight excluding hydrogens is 392 g/mol. The molecule has 1 N–H and O–H groups in total. The standard InChI is InChI=1S/C20H32N6O2.ClH/c1-16(19(27)24-8-2-3-9-24)23-11-13-25(14-12-23)20(28)18-6-10-26(22-18)17-5-4-7-21-15-17;/h6,10,16-17,21H,2-5,7-9,11-15H2,1H3;1H. The second-order valence-electron chi connectivity index (χ2n) is 8.22. The van der Waals surface area contributed by atoms with E-state index in [2.05, 4.69) is 15.3 Å². The highest BCUT2D eigenvalue weighted by atomic mass is 35.5. The Hall–Kier alpha value is -1.64. The molecular formula is C20H33ClN6O2. The Balaban J connectivity index is 0.00000240. The second-order valence-corrected chi connectivity index (χ2v) is 8.22. The maximum absolute atomic E-state index is 12.9. The quantitative estimate of drug-likeness (QED) is 0.780. The molecule has 1 aromatic heterocycles. The summed E-state index contributed by atoms with van der Waals surface area (Å²) in [4.78, 5) is 31.5. The SMILES string of the molecule is CC(C(=O)N1CCCC1)N1CCN(C(=O)c2ccn(C3CCCNC3)n2)CC1.Cl. The Labute approximate surface area is 179 Å². The van der Waals surface area contributed by atoms with Crippen molar-refractivity contribution in [2.24, 2.45) is 0 Å². The molecule has 2 amide bonds. The summed E-state index contributed by atoms with van der Waals surface area (Å²) in [5, 5.41) is 7.94. The first-order chi connectivity index (χ1) is 13.6. The van der Waals surface area contributed by atoms with Crippen LogP contribution in [0.5, 0.6) is 0 Å². The Kier molecular flexibility index (Phi) is 7.54. The van der Waals surface area contributed by atoms with Gasteiger partial charge in [0.2, 0.25) is 5.91 Å².